The summed E-state index contributed by atoms with van der Waals surface area (Å²) in [6, 6.07) is 16.2. The normalized spacial score (nSPS) is 23.5. The lowest BCUT2D eigenvalue weighted by Crippen LogP contribution is -2.45. The van der Waals surface area contributed by atoms with Crippen molar-refractivity contribution in [2.24, 2.45) is 0 Å². The highest BCUT2D eigenvalue weighted by Gasteiger charge is 2.46. The molecule has 1 saturated heterocycles. The minimum absolute atomic E-state index is 0.0312. The summed E-state index contributed by atoms with van der Waals surface area (Å²) in [5, 5.41) is 12.4. The zero-order valence-corrected chi connectivity index (χ0v) is 13.7. The topological polar surface area (TPSA) is 69.6 Å². The van der Waals surface area contributed by atoms with Crippen LogP contribution in [-0.2, 0) is 16.9 Å². The van der Waals surface area contributed by atoms with Crippen LogP contribution < -0.4 is 5.32 Å². The molecule has 0 radical (unpaired) electrons. The molecule has 0 saturated carbocycles. The van der Waals surface area contributed by atoms with E-state index in [9.17, 15) is 9.59 Å². The number of nitrogens with zero attached hydrogens (tertiary/aromatic N) is 1. The molecule has 2 N–H and O–H groups in total. The summed E-state index contributed by atoms with van der Waals surface area (Å²) < 4.78 is 0. The molecule has 1 amide bonds. The minimum atomic E-state index is -0.961. The maximum absolute atomic E-state index is 12.6. The van der Waals surface area contributed by atoms with Crippen LogP contribution in [0, 0.1) is 0 Å². The van der Waals surface area contributed by atoms with Gasteiger partial charge in [-0.2, -0.15) is 0 Å². The lowest BCUT2D eigenvalue weighted by molar-refractivity contribution is -0.130. The summed E-state index contributed by atoms with van der Waals surface area (Å²) >= 11 is 0. The van der Waals surface area contributed by atoms with Crippen LogP contribution in [0.4, 0.5) is 0 Å². The smallest absolute Gasteiger partial charge is 0.335 e. The molecule has 0 bridgehead atoms. The summed E-state index contributed by atoms with van der Waals surface area (Å²) in [6.45, 7) is 1.94. The van der Waals surface area contributed by atoms with Crippen molar-refractivity contribution in [1.29, 1.82) is 0 Å². The fourth-order valence-corrected chi connectivity index (χ4v) is 3.15. The zero-order valence-electron chi connectivity index (χ0n) is 13.7. The first-order valence-corrected chi connectivity index (χ1v) is 7.85. The van der Waals surface area contributed by atoms with Crippen LogP contribution in [-0.4, -0.2) is 35.0 Å². The second-order valence-corrected chi connectivity index (χ2v) is 6.24. The summed E-state index contributed by atoms with van der Waals surface area (Å²) in [6.07, 6.45) is 0.618. The number of carbonyl (C=O) groups is 2. The summed E-state index contributed by atoms with van der Waals surface area (Å²) in [5.41, 5.74) is 1.53. The van der Waals surface area contributed by atoms with Gasteiger partial charge in [0.25, 0.3) is 0 Å². The van der Waals surface area contributed by atoms with Gasteiger partial charge in [-0.25, -0.2) is 4.79 Å². The first kappa shape index (κ1) is 16.2. The van der Waals surface area contributed by atoms with Gasteiger partial charge in [-0.05, 0) is 36.6 Å². The molecule has 3 rings (SSSR count). The van der Waals surface area contributed by atoms with Crippen molar-refractivity contribution in [3.05, 3.63) is 71.3 Å². The fourth-order valence-electron chi connectivity index (χ4n) is 3.15. The molecule has 124 valence electrons. The van der Waals surface area contributed by atoms with Crippen molar-refractivity contribution >= 4 is 11.9 Å². The Morgan fingerprint density at radius 1 is 1.17 bits per heavy atom. The molecule has 1 aliphatic heterocycles. The first-order valence-electron chi connectivity index (χ1n) is 7.85. The lowest BCUT2D eigenvalue weighted by atomic mass is 9.99. The molecule has 24 heavy (non-hydrogen) atoms. The molecular formula is C19H20N2O3. The summed E-state index contributed by atoms with van der Waals surface area (Å²) in [4.78, 5) is 25.3. The third kappa shape index (κ3) is 2.78. The molecule has 0 aliphatic carbocycles. The van der Waals surface area contributed by atoms with Gasteiger partial charge in [0.1, 0.15) is 5.66 Å². The molecule has 2 aromatic rings. The van der Waals surface area contributed by atoms with Crippen LogP contribution in [0.15, 0.2) is 54.6 Å². The molecule has 0 spiro atoms. The molecule has 0 unspecified atom stereocenters. The maximum Gasteiger partial charge on any atom is 0.335 e. The number of carboxylic acid groups (broad SMARTS) is 1. The van der Waals surface area contributed by atoms with E-state index in [1.165, 1.54) is 0 Å². The predicted octanol–water partition coefficient (Wildman–Crippen LogP) is 2.23. The van der Waals surface area contributed by atoms with Crippen molar-refractivity contribution in [3.63, 3.8) is 0 Å². The second-order valence-electron chi connectivity index (χ2n) is 6.24. The van der Waals surface area contributed by atoms with Gasteiger partial charge in [-0.1, -0.05) is 42.5 Å². The molecule has 2 atom stereocenters. The Balaban J connectivity index is 1.85. The average molecular weight is 324 g/mol. The molecule has 1 heterocycles. The summed E-state index contributed by atoms with van der Waals surface area (Å²) in [7, 11) is 1.77. The van der Waals surface area contributed by atoms with Crippen LogP contribution in [0.3, 0.4) is 0 Å². The van der Waals surface area contributed by atoms with E-state index in [-0.39, 0.29) is 17.5 Å². The van der Waals surface area contributed by atoms with E-state index in [0.29, 0.717) is 6.42 Å². The Labute approximate surface area is 140 Å². The Kier molecular flexibility index (Phi) is 4.11. The minimum Gasteiger partial charge on any atom is -0.478 e. The molecule has 5 heteroatoms. The molecule has 5 nitrogen and oxygen atoms in total. The molecule has 1 aliphatic rings. The molecule has 0 aromatic heterocycles. The second kappa shape index (κ2) is 6.09. The first-order chi connectivity index (χ1) is 11.4. The van der Waals surface area contributed by atoms with Gasteiger partial charge >= 0.3 is 5.97 Å². The number of amides is 1. The van der Waals surface area contributed by atoms with Crippen LogP contribution in [0.25, 0.3) is 0 Å². The number of benzene rings is 2. The van der Waals surface area contributed by atoms with Crippen LogP contribution in [0.2, 0.25) is 0 Å². The van der Waals surface area contributed by atoms with E-state index >= 15 is 0 Å². The Hall–Kier alpha value is -2.66. The molecule has 2 aromatic carbocycles. The van der Waals surface area contributed by atoms with Crippen LogP contribution >= 0.6 is 0 Å². The summed E-state index contributed by atoms with van der Waals surface area (Å²) in [5.74, 6) is -0.930. The third-order valence-corrected chi connectivity index (χ3v) is 4.73. The highest BCUT2D eigenvalue weighted by atomic mass is 16.4. The quantitative estimate of drug-likeness (QED) is 0.905. The zero-order chi connectivity index (χ0) is 17.3. The van der Waals surface area contributed by atoms with Gasteiger partial charge in [-0.3, -0.25) is 10.1 Å². The Morgan fingerprint density at radius 3 is 2.38 bits per heavy atom. The molecule has 1 fully saturated rings. The SMILES string of the molecule is CN1C(=O)[C@H](Cc2ccccc2)N[C@]1(C)c1ccc(C(=O)O)cc1. The van der Waals surface area contributed by atoms with E-state index in [0.717, 1.165) is 11.1 Å². The highest BCUT2D eigenvalue weighted by Crippen LogP contribution is 2.31. The number of rotatable bonds is 4. The molecular weight excluding hydrogens is 304 g/mol. The predicted molar refractivity (Wildman–Crippen MR) is 90.6 cm³/mol. The number of hydrogen-bond acceptors (Lipinski definition) is 3. The van der Waals surface area contributed by atoms with Crippen LogP contribution in [0.5, 0.6) is 0 Å². The van der Waals surface area contributed by atoms with E-state index in [1.807, 2.05) is 37.3 Å². The Morgan fingerprint density at radius 2 is 1.79 bits per heavy atom. The van der Waals surface area contributed by atoms with Gasteiger partial charge in [0.15, 0.2) is 0 Å². The fraction of sp³-hybridized carbons (Fsp3) is 0.263. The largest absolute Gasteiger partial charge is 0.478 e. The number of hydrogen-bond donors (Lipinski definition) is 2. The van der Waals surface area contributed by atoms with E-state index < -0.39 is 11.6 Å². The van der Waals surface area contributed by atoms with E-state index in [1.54, 1.807) is 36.2 Å². The van der Waals surface area contributed by atoms with E-state index in [2.05, 4.69) is 5.32 Å². The van der Waals surface area contributed by atoms with Gasteiger partial charge in [-0.15, -0.1) is 0 Å². The highest BCUT2D eigenvalue weighted by molar-refractivity contribution is 5.88. The number of carboxylic acids is 1. The monoisotopic (exact) mass is 324 g/mol. The maximum atomic E-state index is 12.6. The number of carbonyl (C=O) groups excluding carboxylic acids is 1. The standard InChI is InChI=1S/C19H20N2O3/c1-19(15-10-8-14(9-11-15)18(23)24)20-16(17(22)21(19)2)12-13-6-4-3-5-7-13/h3-11,16,20H,12H2,1-2H3,(H,23,24)/t16-,19-/m0/s1. The van der Waals surface area contributed by atoms with Crippen molar-refractivity contribution in [2.45, 2.75) is 25.0 Å². The van der Waals surface area contributed by atoms with Crippen molar-refractivity contribution < 1.29 is 14.7 Å². The van der Waals surface area contributed by atoms with Gasteiger partial charge in [0.2, 0.25) is 5.91 Å². The van der Waals surface area contributed by atoms with Gasteiger partial charge in [0, 0.05) is 7.05 Å². The Bertz CT molecular complexity index is 758. The van der Waals surface area contributed by atoms with Crippen LogP contribution in [0.1, 0.15) is 28.4 Å². The number of aromatic carboxylic acids is 1. The third-order valence-electron chi connectivity index (χ3n) is 4.73. The van der Waals surface area contributed by atoms with Crippen molar-refractivity contribution in [2.75, 3.05) is 7.05 Å². The number of nitrogens with one attached hydrogen (secondary N) is 1. The number of likely N-dealkylation sites (N-methyl/N-ethyl adjacent to an activating group) is 1. The van der Waals surface area contributed by atoms with Crippen molar-refractivity contribution in [3.8, 4) is 0 Å². The van der Waals surface area contributed by atoms with Crippen molar-refractivity contribution in [1.82, 2.24) is 10.2 Å². The lowest BCUT2D eigenvalue weighted by Gasteiger charge is -2.32. The van der Waals surface area contributed by atoms with Gasteiger partial charge in [0.05, 0.1) is 11.6 Å². The van der Waals surface area contributed by atoms with E-state index in [4.69, 9.17) is 5.11 Å². The average Bonchev–Trinajstić information content (AvgIpc) is 2.81. The van der Waals surface area contributed by atoms with Gasteiger partial charge < -0.3 is 10.0 Å².